The Morgan fingerprint density at radius 1 is 1.43 bits per heavy atom. The van der Waals surface area contributed by atoms with Crippen LogP contribution in [0.1, 0.15) is 29.4 Å². The maximum absolute atomic E-state index is 12.7. The van der Waals surface area contributed by atoms with Crippen molar-refractivity contribution in [3.63, 3.8) is 0 Å². The number of amides is 1. The number of nitrogens with zero attached hydrogens (tertiary/aromatic N) is 3. The van der Waals surface area contributed by atoms with Crippen molar-refractivity contribution in [2.75, 3.05) is 32.8 Å². The van der Waals surface area contributed by atoms with Gasteiger partial charge in [0.1, 0.15) is 5.69 Å². The highest BCUT2D eigenvalue weighted by atomic mass is 16.5. The zero-order valence-corrected chi connectivity index (χ0v) is 12.0. The van der Waals surface area contributed by atoms with Crippen molar-refractivity contribution >= 4 is 5.91 Å². The fourth-order valence-corrected chi connectivity index (χ4v) is 3.05. The lowest BCUT2D eigenvalue weighted by Crippen LogP contribution is -2.45. The number of hydrogen-bond donors (Lipinski definition) is 1. The van der Waals surface area contributed by atoms with Crippen molar-refractivity contribution in [3.8, 4) is 6.07 Å². The first-order valence-electron chi connectivity index (χ1n) is 7.47. The minimum Gasteiger partial charge on any atom is -0.360 e. The van der Waals surface area contributed by atoms with Crippen LogP contribution in [-0.2, 0) is 4.74 Å². The number of morpholine rings is 1. The highest BCUT2D eigenvalue weighted by molar-refractivity contribution is 5.93. The monoisotopic (exact) mass is 288 g/mol. The summed E-state index contributed by atoms with van der Waals surface area (Å²) < 4.78 is 7.40. The van der Waals surface area contributed by atoms with Gasteiger partial charge in [0.15, 0.2) is 6.10 Å². The van der Waals surface area contributed by atoms with E-state index in [1.165, 1.54) is 0 Å². The van der Waals surface area contributed by atoms with Crippen LogP contribution in [0.25, 0.3) is 0 Å². The molecule has 1 aromatic heterocycles. The van der Waals surface area contributed by atoms with E-state index in [0.717, 1.165) is 31.6 Å². The molecule has 2 saturated heterocycles. The number of carbonyl (C=O) groups excluding carboxylic acids is 1. The van der Waals surface area contributed by atoms with Gasteiger partial charge in [0.25, 0.3) is 5.91 Å². The first-order valence-corrected chi connectivity index (χ1v) is 7.47. The van der Waals surface area contributed by atoms with Crippen LogP contribution in [0, 0.1) is 11.3 Å². The number of nitriles is 1. The van der Waals surface area contributed by atoms with E-state index in [1.54, 1.807) is 4.90 Å². The molecule has 0 aliphatic carbocycles. The molecule has 6 heteroatoms. The summed E-state index contributed by atoms with van der Waals surface area (Å²) in [5.41, 5.74) is 0.723. The van der Waals surface area contributed by atoms with Gasteiger partial charge in [0.2, 0.25) is 0 Å². The van der Waals surface area contributed by atoms with E-state index in [1.807, 2.05) is 18.3 Å². The predicted octanol–water partition coefficient (Wildman–Crippen LogP) is 0.777. The summed E-state index contributed by atoms with van der Waals surface area (Å²) in [6.45, 7) is 3.31. The molecule has 1 unspecified atom stereocenters. The lowest BCUT2D eigenvalue weighted by molar-refractivity contribution is 0.00287. The number of hydrogen-bond acceptors (Lipinski definition) is 4. The van der Waals surface area contributed by atoms with Crippen LogP contribution >= 0.6 is 0 Å². The van der Waals surface area contributed by atoms with E-state index in [9.17, 15) is 4.79 Å². The standard InChI is InChI=1S/C15H20N4O2/c16-10-13-11-18(8-9-21-13)15(20)14-2-1-7-19(14)12-3-5-17-6-4-12/h1-2,7,12-13,17H,3-6,8-9,11H2. The number of nitrogens with one attached hydrogen (secondary N) is 1. The number of carbonyl (C=O) groups is 1. The van der Waals surface area contributed by atoms with Crippen LogP contribution in [0.4, 0.5) is 0 Å². The van der Waals surface area contributed by atoms with Gasteiger partial charge in [-0.2, -0.15) is 5.26 Å². The molecule has 0 aromatic carbocycles. The van der Waals surface area contributed by atoms with Crippen LogP contribution in [0.3, 0.4) is 0 Å². The van der Waals surface area contributed by atoms with Gasteiger partial charge in [-0.25, -0.2) is 0 Å². The Morgan fingerprint density at radius 2 is 2.24 bits per heavy atom. The second kappa shape index (κ2) is 6.29. The van der Waals surface area contributed by atoms with Gasteiger partial charge in [0, 0.05) is 18.8 Å². The molecule has 0 bridgehead atoms. The van der Waals surface area contributed by atoms with E-state index in [-0.39, 0.29) is 5.91 Å². The maximum Gasteiger partial charge on any atom is 0.270 e. The summed E-state index contributed by atoms with van der Waals surface area (Å²) in [6.07, 6.45) is 3.56. The predicted molar refractivity (Wildman–Crippen MR) is 76.8 cm³/mol. The summed E-state index contributed by atoms with van der Waals surface area (Å²) in [6, 6.07) is 6.27. The second-order valence-electron chi connectivity index (χ2n) is 5.52. The van der Waals surface area contributed by atoms with E-state index >= 15 is 0 Å². The Kier molecular flexibility index (Phi) is 4.23. The summed E-state index contributed by atoms with van der Waals surface area (Å²) >= 11 is 0. The van der Waals surface area contributed by atoms with Crippen LogP contribution in [0.2, 0.25) is 0 Å². The molecule has 112 valence electrons. The lowest BCUT2D eigenvalue weighted by atomic mass is 10.1. The number of aromatic nitrogens is 1. The molecule has 1 atom stereocenters. The Bertz CT molecular complexity index is 542. The molecular formula is C15H20N4O2. The summed E-state index contributed by atoms with van der Waals surface area (Å²) in [7, 11) is 0. The third kappa shape index (κ3) is 2.94. The topological polar surface area (TPSA) is 70.3 Å². The summed E-state index contributed by atoms with van der Waals surface area (Å²) in [5.74, 6) is 0.00193. The maximum atomic E-state index is 12.7. The van der Waals surface area contributed by atoms with Crippen molar-refractivity contribution in [3.05, 3.63) is 24.0 Å². The van der Waals surface area contributed by atoms with E-state index in [2.05, 4.69) is 16.0 Å². The van der Waals surface area contributed by atoms with Gasteiger partial charge in [-0.3, -0.25) is 4.79 Å². The first-order chi connectivity index (χ1) is 10.3. The van der Waals surface area contributed by atoms with Gasteiger partial charge in [-0.05, 0) is 38.1 Å². The second-order valence-corrected chi connectivity index (χ2v) is 5.52. The van der Waals surface area contributed by atoms with Crippen LogP contribution in [0.5, 0.6) is 0 Å². The Labute approximate surface area is 124 Å². The van der Waals surface area contributed by atoms with Crippen LogP contribution in [0.15, 0.2) is 18.3 Å². The number of ether oxygens (including phenoxy) is 1. The molecule has 2 aliphatic rings. The van der Waals surface area contributed by atoms with Crippen molar-refractivity contribution in [1.29, 1.82) is 5.26 Å². The fourth-order valence-electron chi connectivity index (χ4n) is 3.05. The normalized spacial score (nSPS) is 23.8. The Hall–Kier alpha value is -1.84. The smallest absolute Gasteiger partial charge is 0.270 e. The molecular weight excluding hydrogens is 268 g/mol. The molecule has 3 heterocycles. The van der Waals surface area contributed by atoms with Crippen molar-refractivity contribution in [2.45, 2.75) is 25.0 Å². The summed E-state index contributed by atoms with van der Waals surface area (Å²) in [5, 5.41) is 12.3. The third-order valence-corrected chi connectivity index (χ3v) is 4.20. The first kappa shape index (κ1) is 14.1. The molecule has 2 fully saturated rings. The molecule has 21 heavy (non-hydrogen) atoms. The van der Waals surface area contributed by atoms with E-state index < -0.39 is 6.10 Å². The fraction of sp³-hybridized carbons (Fsp3) is 0.600. The van der Waals surface area contributed by atoms with Crippen LogP contribution < -0.4 is 5.32 Å². The highest BCUT2D eigenvalue weighted by Gasteiger charge is 2.28. The Morgan fingerprint density at radius 3 is 3.00 bits per heavy atom. The SMILES string of the molecule is N#CC1CN(C(=O)c2cccn2C2CCNCC2)CCO1. The minimum atomic E-state index is -0.509. The van der Waals surface area contributed by atoms with E-state index in [0.29, 0.717) is 25.7 Å². The molecule has 6 nitrogen and oxygen atoms in total. The molecule has 0 saturated carbocycles. The number of rotatable bonds is 2. The van der Waals surface area contributed by atoms with Gasteiger partial charge in [0.05, 0.1) is 19.2 Å². The van der Waals surface area contributed by atoms with Crippen LogP contribution in [-0.4, -0.2) is 54.3 Å². The van der Waals surface area contributed by atoms with Crippen molar-refractivity contribution in [2.24, 2.45) is 0 Å². The quantitative estimate of drug-likeness (QED) is 0.873. The zero-order chi connectivity index (χ0) is 14.7. The molecule has 2 aliphatic heterocycles. The lowest BCUT2D eigenvalue weighted by Gasteiger charge is -2.31. The van der Waals surface area contributed by atoms with Gasteiger partial charge in [-0.1, -0.05) is 0 Å². The largest absolute Gasteiger partial charge is 0.360 e. The molecule has 0 spiro atoms. The van der Waals surface area contributed by atoms with Crippen molar-refractivity contribution in [1.82, 2.24) is 14.8 Å². The van der Waals surface area contributed by atoms with Crippen molar-refractivity contribution < 1.29 is 9.53 Å². The van der Waals surface area contributed by atoms with Gasteiger partial charge < -0.3 is 19.5 Å². The zero-order valence-electron chi connectivity index (χ0n) is 12.0. The number of piperidine rings is 1. The van der Waals surface area contributed by atoms with Gasteiger partial charge in [-0.15, -0.1) is 0 Å². The molecule has 0 radical (unpaired) electrons. The average molecular weight is 288 g/mol. The highest BCUT2D eigenvalue weighted by Crippen LogP contribution is 2.22. The minimum absolute atomic E-state index is 0.00193. The Balaban J connectivity index is 1.76. The average Bonchev–Trinajstić information content (AvgIpc) is 3.04. The third-order valence-electron chi connectivity index (χ3n) is 4.20. The van der Waals surface area contributed by atoms with Gasteiger partial charge >= 0.3 is 0 Å². The molecule has 1 N–H and O–H groups in total. The summed E-state index contributed by atoms with van der Waals surface area (Å²) in [4.78, 5) is 14.4. The molecule has 3 rings (SSSR count). The van der Waals surface area contributed by atoms with E-state index in [4.69, 9.17) is 10.00 Å². The molecule has 1 amide bonds. The molecule has 1 aromatic rings.